The lowest BCUT2D eigenvalue weighted by atomic mass is 9.89. The summed E-state index contributed by atoms with van der Waals surface area (Å²) < 4.78 is 0. The van der Waals surface area contributed by atoms with Crippen molar-refractivity contribution in [2.75, 3.05) is 0 Å². The maximum Gasteiger partial charge on any atom is 0.336 e. The van der Waals surface area contributed by atoms with Crippen LogP contribution in [0.4, 0.5) is 5.69 Å². The fourth-order valence-corrected chi connectivity index (χ4v) is 2.72. The Morgan fingerprint density at radius 3 is 1.75 bits per heavy atom. The van der Waals surface area contributed by atoms with E-state index in [2.05, 4.69) is 0 Å². The van der Waals surface area contributed by atoms with Gasteiger partial charge in [0.25, 0.3) is 5.69 Å². The molecule has 5 heteroatoms. The molecule has 0 bridgehead atoms. The zero-order chi connectivity index (χ0) is 17.1. The van der Waals surface area contributed by atoms with Crippen molar-refractivity contribution >= 4 is 11.7 Å². The van der Waals surface area contributed by atoms with Crippen molar-refractivity contribution in [1.82, 2.24) is 0 Å². The number of nitro groups is 1. The first-order chi connectivity index (χ1) is 11.6. The molecule has 0 heterocycles. The zero-order valence-corrected chi connectivity index (χ0v) is 12.5. The first-order valence-corrected chi connectivity index (χ1v) is 7.25. The average Bonchev–Trinajstić information content (AvgIpc) is 2.61. The van der Waals surface area contributed by atoms with Gasteiger partial charge in [-0.05, 0) is 17.2 Å². The Kier molecular flexibility index (Phi) is 4.07. The predicted octanol–water partition coefficient (Wildman–Crippen LogP) is 4.63. The summed E-state index contributed by atoms with van der Waals surface area (Å²) in [4.78, 5) is 22.7. The van der Waals surface area contributed by atoms with E-state index in [9.17, 15) is 20.0 Å². The number of carboxylic acid groups (broad SMARTS) is 1. The molecule has 0 aliphatic rings. The van der Waals surface area contributed by atoms with Crippen LogP contribution in [0, 0.1) is 10.1 Å². The van der Waals surface area contributed by atoms with E-state index in [0.29, 0.717) is 22.3 Å². The number of hydrogen-bond acceptors (Lipinski definition) is 3. The van der Waals surface area contributed by atoms with Crippen LogP contribution in [0.3, 0.4) is 0 Å². The van der Waals surface area contributed by atoms with Gasteiger partial charge in [-0.15, -0.1) is 0 Å². The molecule has 0 saturated carbocycles. The summed E-state index contributed by atoms with van der Waals surface area (Å²) >= 11 is 0. The van der Waals surface area contributed by atoms with E-state index in [-0.39, 0.29) is 11.3 Å². The molecule has 0 aliphatic heterocycles. The second-order valence-electron chi connectivity index (χ2n) is 5.18. The zero-order valence-electron chi connectivity index (χ0n) is 12.5. The van der Waals surface area contributed by atoms with Gasteiger partial charge in [0.15, 0.2) is 0 Å². The molecule has 0 amide bonds. The van der Waals surface area contributed by atoms with Crippen molar-refractivity contribution in [2.24, 2.45) is 0 Å². The SMILES string of the molecule is O=C(O)c1ccc([N+](=O)[O-])c(-c2ccccc2)c1-c1ccccc1. The summed E-state index contributed by atoms with van der Waals surface area (Å²) in [6.45, 7) is 0. The molecule has 0 radical (unpaired) electrons. The Labute approximate surface area is 138 Å². The van der Waals surface area contributed by atoms with Gasteiger partial charge in [0.1, 0.15) is 0 Å². The van der Waals surface area contributed by atoms with Gasteiger partial charge in [-0.3, -0.25) is 10.1 Å². The van der Waals surface area contributed by atoms with Gasteiger partial charge in [-0.2, -0.15) is 0 Å². The molecule has 0 spiro atoms. The Hall–Kier alpha value is -3.47. The van der Waals surface area contributed by atoms with Crippen LogP contribution >= 0.6 is 0 Å². The van der Waals surface area contributed by atoms with Crippen molar-refractivity contribution in [2.45, 2.75) is 0 Å². The summed E-state index contributed by atoms with van der Waals surface area (Å²) in [5, 5.41) is 21.1. The third-order valence-electron chi connectivity index (χ3n) is 3.74. The number of nitrogens with zero attached hydrogens (tertiary/aromatic N) is 1. The van der Waals surface area contributed by atoms with Crippen LogP contribution in [-0.4, -0.2) is 16.0 Å². The summed E-state index contributed by atoms with van der Waals surface area (Å²) in [6.07, 6.45) is 0. The number of nitro benzene ring substituents is 1. The first-order valence-electron chi connectivity index (χ1n) is 7.25. The standard InChI is InChI=1S/C19H13NO4/c21-19(22)15-11-12-16(20(23)24)18(14-9-5-2-6-10-14)17(15)13-7-3-1-4-8-13/h1-12H,(H,21,22). The highest BCUT2D eigenvalue weighted by Crippen LogP contribution is 2.41. The minimum atomic E-state index is -1.12. The maximum absolute atomic E-state index is 11.7. The highest BCUT2D eigenvalue weighted by Gasteiger charge is 2.25. The first kappa shape index (κ1) is 15.4. The van der Waals surface area contributed by atoms with Gasteiger partial charge >= 0.3 is 5.97 Å². The van der Waals surface area contributed by atoms with Gasteiger partial charge in [-0.25, -0.2) is 4.79 Å². The monoisotopic (exact) mass is 319 g/mol. The molecule has 0 saturated heterocycles. The van der Waals surface area contributed by atoms with E-state index in [4.69, 9.17) is 0 Å². The molecule has 3 rings (SSSR count). The number of rotatable bonds is 4. The molecule has 5 nitrogen and oxygen atoms in total. The van der Waals surface area contributed by atoms with E-state index < -0.39 is 10.9 Å². The minimum absolute atomic E-state index is 0.0330. The normalized spacial score (nSPS) is 10.3. The Bertz CT molecular complexity index is 829. The average molecular weight is 319 g/mol. The molecule has 0 aliphatic carbocycles. The van der Waals surface area contributed by atoms with Crippen molar-refractivity contribution in [3.8, 4) is 22.3 Å². The van der Waals surface area contributed by atoms with Crippen LogP contribution in [0.2, 0.25) is 0 Å². The molecule has 3 aromatic rings. The molecule has 24 heavy (non-hydrogen) atoms. The number of carboxylic acids is 1. The molecule has 0 atom stereocenters. The van der Waals surface area contributed by atoms with Crippen LogP contribution in [0.5, 0.6) is 0 Å². The third-order valence-corrected chi connectivity index (χ3v) is 3.74. The van der Waals surface area contributed by atoms with Crippen LogP contribution < -0.4 is 0 Å². The van der Waals surface area contributed by atoms with Crippen molar-refractivity contribution in [3.05, 3.63) is 88.5 Å². The van der Waals surface area contributed by atoms with E-state index in [1.165, 1.54) is 12.1 Å². The molecule has 0 fully saturated rings. The highest BCUT2D eigenvalue weighted by molar-refractivity contribution is 6.03. The van der Waals surface area contributed by atoms with Crippen molar-refractivity contribution in [1.29, 1.82) is 0 Å². The lowest BCUT2D eigenvalue weighted by molar-refractivity contribution is -0.384. The van der Waals surface area contributed by atoms with Gasteiger partial charge in [0.2, 0.25) is 0 Å². The number of aromatic carboxylic acids is 1. The lowest BCUT2D eigenvalue weighted by Crippen LogP contribution is -2.04. The number of benzene rings is 3. The topological polar surface area (TPSA) is 80.4 Å². The predicted molar refractivity (Wildman–Crippen MR) is 90.9 cm³/mol. The second-order valence-corrected chi connectivity index (χ2v) is 5.18. The van der Waals surface area contributed by atoms with Crippen LogP contribution in [0.15, 0.2) is 72.8 Å². The van der Waals surface area contributed by atoms with Gasteiger partial charge < -0.3 is 5.11 Å². The Morgan fingerprint density at radius 1 is 0.792 bits per heavy atom. The molecule has 3 aromatic carbocycles. The van der Waals surface area contributed by atoms with Crippen LogP contribution in [0.25, 0.3) is 22.3 Å². The summed E-state index contributed by atoms with van der Waals surface area (Å²) in [7, 11) is 0. The quantitative estimate of drug-likeness (QED) is 0.561. The number of carbonyl (C=O) groups is 1. The fraction of sp³-hybridized carbons (Fsp3) is 0. The maximum atomic E-state index is 11.7. The number of hydrogen-bond donors (Lipinski definition) is 1. The van der Waals surface area contributed by atoms with Crippen molar-refractivity contribution in [3.63, 3.8) is 0 Å². The largest absolute Gasteiger partial charge is 0.478 e. The van der Waals surface area contributed by atoms with Crippen LogP contribution in [0.1, 0.15) is 10.4 Å². The molecular formula is C19H13NO4. The molecule has 0 unspecified atom stereocenters. The lowest BCUT2D eigenvalue weighted by Gasteiger charge is -2.14. The third kappa shape index (κ3) is 2.75. The molecule has 0 aromatic heterocycles. The van der Waals surface area contributed by atoms with E-state index >= 15 is 0 Å². The summed E-state index contributed by atoms with van der Waals surface area (Å²) in [5.74, 6) is -1.12. The smallest absolute Gasteiger partial charge is 0.336 e. The van der Waals surface area contributed by atoms with Gasteiger partial charge in [0, 0.05) is 11.6 Å². The Morgan fingerprint density at radius 2 is 1.29 bits per heavy atom. The van der Waals surface area contributed by atoms with Crippen molar-refractivity contribution < 1.29 is 14.8 Å². The minimum Gasteiger partial charge on any atom is -0.478 e. The van der Waals surface area contributed by atoms with Gasteiger partial charge in [0.05, 0.1) is 16.1 Å². The second kappa shape index (κ2) is 6.34. The molecular weight excluding hydrogens is 306 g/mol. The molecule has 1 N–H and O–H groups in total. The van der Waals surface area contributed by atoms with Gasteiger partial charge in [-0.1, -0.05) is 60.7 Å². The Balaban J connectivity index is 2.45. The van der Waals surface area contributed by atoms with E-state index in [1.807, 2.05) is 6.07 Å². The molecule has 118 valence electrons. The van der Waals surface area contributed by atoms with E-state index in [1.54, 1.807) is 54.6 Å². The summed E-state index contributed by atoms with van der Waals surface area (Å²) in [6, 6.07) is 20.2. The fourth-order valence-electron chi connectivity index (χ4n) is 2.72. The highest BCUT2D eigenvalue weighted by atomic mass is 16.6. The van der Waals surface area contributed by atoms with E-state index in [0.717, 1.165) is 0 Å². The summed E-state index contributed by atoms with van der Waals surface area (Å²) in [5.41, 5.74) is 1.80. The van der Waals surface area contributed by atoms with Crippen LogP contribution in [-0.2, 0) is 0 Å².